The lowest BCUT2D eigenvalue weighted by atomic mass is 9.92. The van der Waals surface area contributed by atoms with Gasteiger partial charge in [-0.3, -0.25) is 14.7 Å². The SMILES string of the molecule is Cc1nc2nc([C@H]3CCCN(C(=O)c4ccn[nH]4)C3)cc(C(F)(F)F)c2c(=O)[nH]1. The van der Waals surface area contributed by atoms with E-state index in [1.54, 1.807) is 11.0 Å². The fourth-order valence-electron chi connectivity index (χ4n) is 3.65. The van der Waals surface area contributed by atoms with E-state index in [-0.39, 0.29) is 29.6 Å². The number of halogens is 3. The Bertz CT molecular complexity index is 1120. The molecule has 4 rings (SSSR count). The molecule has 11 heteroatoms. The van der Waals surface area contributed by atoms with Crippen LogP contribution in [-0.4, -0.2) is 49.0 Å². The number of aryl methyl sites for hydroxylation is 1. The minimum absolute atomic E-state index is 0.171. The number of piperidine rings is 1. The molecule has 1 amide bonds. The molecule has 1 aliphatic rings. The number of likely N-dealkylation sites (tertiary alicyclic amines) is 1. The van der Waals surface area contributed by atoms with Gasteiger partial charge in [-0.1, -0.05) is 0 Å². The molecule has 29 heavy (non-hydrogen) atoms. The van der Waals surface area contributed by atoms with Crippen LogP contribution in [0.2, 0.25) is 0 Å². The molecule has 1 aliphatic heterocycles. The summed E-state index contributed by atoms with van der Waals surface area (Å²) < 4.78 is 41.0. The second-order valence-corrected chi connectivity index (χ2v) is 7.00. The lowest BCUT2D eigenvalue weighted by Crippen LogP contribution is -2.39. The van der Waals surface area contributed by atoms with Crippen LogP contribution in [0.1, 0.15) is 46.3 Å². The second-order valence-electron chi connectivity index (χ2n) is 7.00. The standard InChI is InChI=1S/C18H17F3N6O2/c1-9-23-15-14(16(28)24-9)11(18(19,20)21)7-13(25-15)10-3-2-6-27(8-10)17(29)12-4-5-22-26-12/h4-5,7,10H,2-3,6,8H2,1H3,(H,22,26)(H,23,24,25,28)/t10-/m0/s1. The smallest absolute Gasteiger partial charge is 0.337 e. The molecule has 3 aromatic rings. The van der Waals surface area contributed by atoms with Gasteiger partial charge in [0.1, 0.15) is 11.5 Å². The monoisotopic (exact) mass is 406 g/mol. The molecule has 0 aromatic carbocycles. The first-order chi connectivity index (χ1) is 13.7. The second kappa shape index (κ2) is 6.98. The zero-order valence-electron chi connectivity index (χ0n) is 15.4. The summed E-state index contributed by atoms with van der Waals surface area (Å²) in [6.45, 7) is 2.19. The van der Waals surface area contributed by atoms with E-state index in [1.165, 1.54) is 13.1 Å². The van der Waals surface area contributed by atoms with Gasteiger partial charge < -0.3 is 9.88 Å². The number of alkyl halides is 3. The van der Waals surface area contributed by atoms with Gasteiger partial charge >= 0.3 is 6.18 Å². The van der Waals surface area contributed by atoms with Crippen LogP contribution in [0, 0.1) is 6.92 Å². The van der Waals surface area contributed by atoms with E-state index in [0.29, 0.717) is 25.1 Å². The van der Waals surface area contributed by atoms with Gasteiger partial charge in [-0.15, -0.1) is 0 Å². The number of amides is 1. The molecule has 8 nitrogen and oxygen atoms in total. The summed E-state index contributed by atoms with van der Waals surface area (Å²) in [5.74, 6) is -0.489. The van der Waals surface area contributed by atoms with E-state index in [9.17, 15) is 22.8 Å². The Morgan fingerprint density at radius 1 is 1.31 bits per heavy atom. The molecule has 0 radical (unpaired) electrons. The van der Waals surface area contributed by atoms with Crippen LogP contribution in [0.3, 0.4) is 0 Å². The van der Waals surface area contributed by atoms with Crippen molar-refractivity contribution in [1.29, 1.82) is 0 Å². The molecule has 1 saturated heterocycles. The number of H-pyrrole nitrogens is 2. The van der Waals surface area contributed by atoms with Crippen LogP contribution in [0.15, 0.2) is 23.1 Å². The van der Waals surface area contributed by atoms with Crippen LogP contribution in [0.4, 0.5) is 13.2 Å². The largest absolute Gasteiger partial charge is 0.417 e. The maximum Gasteiger partial charge on any atom is 0.417 e. The van der Waals surface area contributed by atoms with Crippen molar-refractivity contribution in [1.82, 2.24) is 30.0 Å². The van der Waals surface area contributed by atoms with Crippen molar-refractivity contribution in [3.63, 3.8) is 0 Å². The zero-order valence-corrected chi connectivity index (χ0v) is 15.4. The first kappa shape index (κ1) is 19.1. The molecule has 2 N–H and O–H groups in total. The van der Waals surface area contributed by atoms with Crippen LogP contribution in [0.5, 0.6) is 0 Å². The van der Waals surface area contributed by atoms with Gasteiger partial charge in [0.15, 0.2) is 5.65 Å². The minimum Gasteiger partial charge on any atom is -0.337 e. The third-order valence-electron chi connectivity index (χ3n) is 4.98. The lowest BCUT2D eigenvalue weighted by Gasteiger charge is -2.32. The molecule has 0 spiro atoms. The molecule has 1 fully saturated rings. The average Bonchev–Trinajstić information content (AvgIpc) is 3.20. The summed E-state index contributed by atoms with van der Waals surface area (Å²) in [5.41, 5.74) is -1.70. The number of rotatable bonds is 2. The highest BCUT2D eigenvalue weighted by Gasteiger charge is 2.36. The van der Waals surface area contributed by atoms with E-state index in [1.807, 2.05) is 0 Å². The number of pyridine rings is 1. The number of nitrogens with one attached hydrogen (secondary N) is 2. The van der Waals surface area contributed by atoms with Gasteiger partial charge in [0.05, 0.1) is 10.9 Å². The number of hydrogen-bond acceptors (Lipinski definition) is 5. The summed E-state index contributed by atoms with van der Waals surface area (Å²) in [7, 11) is 0. The van der Waals surface area contributed by atoms with Crippen molar-refractivity contribution in [2.75, 3.05) is 13.1 Å². The summed E-state index contributed by atoms with van der Waals surface area (Å²) in [6, 6.07) is 2.45. The maximum atomic E-state index is 13.7. The first-order valence-corrected chi connectivity index (χ1v) is 9.01. The maximum absolute atomic E-state index is 13.7. The Labute approximate surface area is 162 Å². The fourth-order valence-corrected chi connectivity index (χ4v) is 3.65. The Morgan fingerprint density at radius 2 is 2.10 bits per heavy atom. The fraction of sp³-hybridized carbons (Fsp3) is 0.389. The topological polar surface area (TPSA) is 108 Å². The third kappa shape index (κ3) is 3.59. The lowest BCUT2D eigenvalue weighted by molar-refractivity contribution is -0.136. The zero-order chi connectivity index (χ0) is 20.8. The summed E-state index contributed by atoms with van der Waals surface area (Å²) in [5, 5.41) is 5.78. The summed E-state index contributed by atoms with van der Waals surface area (Å²) >= 11 is 0. The Hall–Kier alpha value is -3.24. The van der Waals surface area contributed by atoms with Crippen molar-refractivity contribution in [3.05, 3.63) is 51.5 Å². The number of fused-ring (bicyclic) bond motifs is 1. The van der Waals surface area contributed by atoms with E-state index in [0.717, 1.165) is 6.07 Å². The molecule has 0 saturated carbocycles. The van der Waals surface area contributed by atoms with Crippen LogP contribution in [0.25, 0.3) is 11.0 Å². The highest BCUT2D eigenvalue weighted by Crippen LogP contribution is 2.36. The molecule has 0 bridgehead atoms. The highest BCUT2D eigenvalue weighted by atomic mass is 19.4. The quantitative estimate of drug-likeness (QED) is 0.680. The highest BCUT2D eigenvalue weighted by molar-refractivity contribution is 5.92. The molecule has 152 valence electrons. The third-order valence-corrected chi connectivity index (χ3v) is 4.98. The van der Waals surface area contributed by atoms with Crippen molar-refractivity contribution in [2.45, 2.75) is 31.9 Å². The van der Waals surface area contributed by atoms with E-state index < -0.39 is 28.6 Å². The number of aromatic nitrogens is 5. The molecule has 3 aromatic heterocycles. The van der Waals surface area contributed by atoms with Gasteiger partial charge in [0, 0.05) is 30.9 Å². The molecule has 0 aliphatic carbocycles. The average molecular weight is 406 g/mol. The van der Waals surface area contributed by atoms with E-state index in [2.05, 4.69) is 25.1 Å². The molecule has 1 atom stereocenters. The number of carbonyl (C=O) groups excluding carboxylic acids is 1. The number of nitrogens with zero attached hydrogens (tertiary/aromatic N) is 4. The predicted molar refractivity (Wildman–Crippen MR) is 96.4 cm³/mol. The Balaban J connectivity index is 1.75. The number of carbonyl (C=O) groups is 1. The van der Waals surface area contributed by atoms with Gasteiger partial charge in [-0.25, -0.2) is 9.97 Å². The van der Waals surface area contributed by atoms with Gasteiger partial charge in [0.2, 0.25) is 0 Å². The minimum atomic E-state index is -4.74. The van der Waals surface area contributed by atoms with Gasteiger partial charge in [-0.05, 0) is 31.9 Å². The molecule has 0 unspecified atom stereocenters. The van der Waals surface area contributed by atoms with Crippen molar-refractivity contribution < 1.29 is 18.0 Å². The van der Waals surface area contributed by atoms with Crippen LogP contribution < -0.4 is 5.56 Å². The number of aromatic amines is 2. The Morgan fingerprint density at radius 3 is 2.79 bits per heavy atom. The van der Waals surface area contributed by atoms with Crippen molar-refractivity contribution >= 4 is 16.9 Å². The van der Waals surface area contributed by atoms with Crippen LogP contribution in [-0.2, 0) is 6.18 Å². The molecular weight excluding hydrogens is 389 g/mol. The Kier molecular flexibility index (Phi) is 4.59. The molecule has 4 heterocycles. The van der Waals surface area contributed by atoms with Crippen molar-refractivity contribution in [3.8, 4) is 0 Å². The van der Waals surface area contributed by atoms with E-state index >= 15 is 0 Å². The van der Waals surface area contributed by atoms with Gasteiger partial charge in [0.25, 0.3) is 11.5 Å². The predicted octanol–water partition coefficient (Wildman–Crippen LogP) is 2.39. The first-order valence-electron chi connectivity index (χ1n) is 9.01. The molecular formula is C18H17F3N6O2. The van der Waals surface area contributed by atoms with Crippen molar-refractivity contribution in [2.24, 2.45) is 0 Å². The normalized spacial score (nSPS) is 17.7. The summed E-state index contributed by atoms with van der Waals surface area (Å²) in [6.07, 6.45) is -2.08. The summed E-state index contributed by atoms with van der Waals surface area (Å²) in [4.78, 5) is 36.8. The van der Waals surface area contributed by atoms with E-state index in [4.69, 9.17) is 0 Å². The van der Waals surface area contributed by atoms with Crippen LogP contribution >= 0.6 is 0 Å². The number of hydrogen-bond donors (Lipinski definition) is 2. The van der Waals surface area contributed by atoms with Gasteiger partial charge in [-0.2, -0.15) is 18.3 Å².